The van der Waals surface area contributed by atoms with E-state index in [1.165, 1.54) is 6.07 Å². The number of ether oxygens (including phenoxy) is 1. The summed E-state index contributed by atoms with van der Waals surface area (Å²) in [6, 6.07) is 4.76. The highest BCUT2D eigenvalue weighted by atomic mass is 19.1. The molecule has 0 aliphatic carbocycles. The summed E-state index contributed by atoms with van der Waals surface area (Å²) in [5.74, 6) is -0.542. The van der Waals surface area contributed by atoms with Gasteiger partial charge in [0.25, 0.3) is 0 Å². The van der Waals surface area contributed by atoms with Crippen molar-refractivity contribution in [2.24, 2.45) is 0 Å². The van der Waals surface area contributed by atoms with Crippen LogP contribution in [0.4, 0.5) is 4.39 Å². The summed E-state index contributed by atoms with van der Waals surface area (Å²) < 4.78 is 18.3. The highest BCUT2D eigenvalue weighted by Crippen LogP contribution is 2.19. The van der Waals surface area contributed by atoms with E-state index in [4.69, 9.17) is 4.74 Å². The lowest BCUT2D eigenvalue weighted by molar-refractivity contribution is -0.143. The number of carbonyl (C=O) groups excluding carboxylic acids is 1. The van der Waals surface area contributed by atoms with Crippen molar-refractivity contribution in [2.75, 3.05) is 13.7 Å². The second-order valence-electron chi connectivity index (χ2n) is 3.86. The summed E-state index contributed by atoms with van der Waals surface area (Å²) in [6.45, 7) is 3.83. The summed E-state index contributed by atoms with van der Waals surface area (Å²) in [4.78, 5) is 11.4. The maximum Gasteiger partial charge on any atom is 0.307 e. The topological polar surface area (TPSA) is 38.3 Å². The Hall–Kier alpha value is -1.42. The molecule has 17 heavy (non-hydrogen) atoms. The fourth-order valence-electron chi connectivity index (χ4n) is 1.60. The Morgan fingerprint density at radius 3 is 2.76 bits per heavy atom. The van der Waals surface area contributed by atoms with Crippen LogP contribution in [-0.2, 0) is 9.53 Å². The second-order valence-corrected chi connectivity index (χ2v) is 3.86. The highest BCUT2D eigenvalue weighted by Gasteiger charge is 2.15. The first-order chi connectivity index (χ1) is 8.08. The maximum absolute atomic E-state index is 13.4. The Balaban J connectivity index is 2.79. The molecule has 0 spiro atoms. The molecule has 1 rings (SSSR count). The lowest BCUT2D eigenvalue weighted by Crippen LogP contribution is -2.21. The van der Waals surface area contributed by atoms with Gasteiger partial charge in [-0.2, -0.15) is 0 Å². The Bertz CT molecular complexity index is 393. The molecular formula is C13H18FNO2. The van der Waals surface area contributed by atoms with E-state index in [1.54, 1.807) is 27.0 Å². The number of benzene rings is 1. The molecule has 0 saturated heterocycles. The molecule has 94 valence electrons. The zero-order valence-corrected chi connectivity index (χ0v) is 10.4. The largest absolute Gasteiger partial charge is 0.466 e. The fourth-order valence-corrected chi connectivity index (χ4v) is 1.60. The Morgan fingerprint density at radius 1 is 1.53 bits per heavy atom. The van der Waals surface area contributed by atoms with Crippen LogP contribution in [0.2, 0.25) is 0 Å². The first kappa shape index (κ1) is 13.6. The monoisotopic (exact) mass is 239 g/mol. The Kier molecular flexibility index (Phi) is 5.10. The van der Waals surface area contributed by atoms with Gasteiger partial charge < -0.3 is 10.1 Å². The van der Waals surface area contributed by atoms with E-state index in [0.717, 1.165) is 5.56 Å². The number of nitrogens with one attached hydrogen (secondary N) is 1. The molecule has 0 fully saturated rings. The molecule has 1 aromatic rings. The van der Waals surface area contributed by atoms with E-state index in [-0.39, 0.29) is 24.2 Å². The molecule has 1 aromatic carbocycles. The van der Waals surface area contributed by atoms with Gasteiger partial charge in [-0.15, -0.1) is 0 Å². The predicted molar refractivity (Wildman–Crippen MR) is 64.2 cm³/mol. The summed E-state index contributed by atoms with van der Waals surface area (Å²) in [5.41, 5.74) is 1.35. The van der Waals surface area contributed by atoms with Gasteiger partial charge in [-0.3, -0.25) is 4.79 Å². The van der Waals surface area contributed by atoms with E-state index >= 15 is 0 Å². The minimum Gasteiger partial charge on any atom is -0.466 e. The standard InChI is InChI=1S/C13H18FNO2/c1-4-17-13(16)8-12(15-3)10-6-5-9(2)11(14)7-10/h5-7,12,15H,4,8H2,1-3H3. The Morgan fingerprint density at radius 2 is 2.24 bits per heavy atom. The van der Waals surface area contributed by atoms with Crippen molar-refractivity contribution >= 4 is 5.97 Å². The van der Waals surface area contributed by atoms with Crippen molar-refractivity contribution in [2.45, 2.75) is 26.3 Å². The SMILES string of the molecule is CCOC(=O)CC(NC)c1ccc(C)c(F)c1. The normalized spacial score (nSPS) is 12.2. The third-order valence-electron chi connectivity index (χ3n) is 2.62. The van der Waals surface area contributed by atoms with Crippen LogP contribution >= 0.6 is 0 Å². The van der Waals surface area contributed by atoms with Crippen LogP contribution < -0.4 is 5.32 Å². The number of aryl methyl sites for hydroxylation is 1. The van der Waals surface area contributed by atoms with E-state index in [1.807, 2.05) is 6.07 Å². The molecule has 1 atom stereocenters. The van der Waals surface area contributed by atoms with Crippen molar-refractivity contribution in [3.8, 4) is 0 Å². The number of halogens is 1. The van der Waals surface area contributed by atoms with Gasteiger partial charge in [0.15, 0.2) is 0 Å². The van der Waals surface area contributed by atoms with Crippen LogP contribution in [0.25, 0.3) is 0 Å². The van der Waals surface area contributed by atoms with Gasteiger partial charge in [-0.25, -0.2) is 4.39 Å². The maximum atomic E-state index is 13.4. The summed E-state index contributed by atoms with van der Waals surface area (Å²) in [7, 11) is 1.74. The summed E-state index contributed by atoms with van der Waals surface area (Å²) in [5, 5.41) is 2.99. The van der Waals surface area contributed by atoms with E-state index in [9.17, 15) is 9.18 Å². The molecule has 0 saturated carbocycles. The molecule has 0 heterocycles. The quantitative estimate of drug-likeness (QED) is 0.801. The average molecular weight is 239 g/mol. The number of rotatable bonds is 5. The molecule has 3 nitrogen and oxygen atoms in total. The van der Waals surface area contributed by atoms with Crippen molar-refractivity contribution in [3.05, 3.63) is 35.1 Å². The summed E-state index contributed by atoms with van der Waals surface area (Å²) in [6.07, 6.45) is 0.201. The Labute approximate surface area is 101 Å². The smallest absolute Gasteiger partial charge is 0.307 e. The molecular weight excluding hydrogens is 221 g/mol. The van der Waals surface area contributed by atoms with Gasteiger partial charge in [-0.05, 0) is 38.1 Å². The number of hydrogen-bond donors (Lipinski definition) is 1. The van der Waals surface area contributed by atoms with Crippen LogP contribution in [0.3, 0.4) is 0 Å². The van der Waals surface area contributed by atoms with Gasteiger partial charge in [-0.1, -0.05) is 12.1 Å². The van der Waals surface area contributed by atoms with Gasteiger partial charge in [0, 0.05) is 6.04 Å². The minimum absolute atomic E-state index is 0.201. The molecule has 0 bridgehead atoms. The third kappa shape index (κ3) is 3.82. The predicted octanol–water partition coefficient (Wildman–Crippen LogP) is 2.35. The highest BCUT2D eigenvalue weighted by molar-refractivity contribution is 5.70. The van der Waals surface area contributed by atoms with Gasteiger partial charge in [0.2, 0.25) is 0 Å². The third-order valence-corrected chi connectivity index (χ3v) is 2.62. The van der Waals surface area contributed by atoms with E-state index < -0.39 is 0 Å². The molecule has 0 amide bonds. The fraction of sp³-hybridized carbons (Fsp3) is 0.462. The van der Waals surface area contributed by atoms with Crippen LogP contribution in [0.1, 0.15) is 30.5 Å². The lowest BCUT2D eigenvalue weighted by Gasteiger charge is -2.16. The van der Waals surface area contributed by atoms with Crippen molar-refractivity contribution in [1.82, 2.24) is 5.32 Å². The first-order valence-corrected chi connectivity index (χ1v) is 5.67. The van der Waals surface area contributed by atoms with Gasteiger partial charge in [0.05, 0.1) is 13.0 Å². The molecule has 0 aliphatic heterocycles. The van der Waals surface area contributed by atoms with Crippen molar-refractivity contribution in [3.63, 3.8) is 0 Å². The lowest BCUT2D eigenvalue weighted by atomic mass is 10.0. The van der Waals surface area contributed by atoms with Gasteiger partial charge >= 0.3 is 5.97 Å². The molecule has 4 heteroatoms. The second kappa shape index (κ2) is 6.35. The average Bonchev–Trinajstić information content (AvgIpc) is 2.30. The number of carbonyl (C=O) groups is 1. The van der Waals surface area contributed by atoms with Crippen molar-refractivity contribution < 1.29 is 13.9 Å². The zero-order valence-electron chi connectivity index (χ0n) is 10.4. The molecule has 0 radical (unpaired) electrons. The van der Waals surface area contributed by atoms with Gasteiger partial charge in [0.1, 0.15) is 5.82 Å². The van der Waals surface area contributed by atoms with E-state index in [2.05, 4.69) is 5.32 Å². The van der Waals surface area contributed by atoms with Crippen LogP contribution in [-0.4, -0.2) is 19.6 Å². The molecule has 1 unspecified atom stereocenters. The van der Waals surface area contributed by atoms with E-state index in [0.29, 0.717) is 12.2 Å². The first-order valence-electron chi connectivity index (χ1n) is 5.67. The molecule has 0 aromatic heterocycles. The number of hydrogen-bond acceptors (Lipinski definition) is 3. The van der Waals surface area contributed by atoms with Crippen LogP contribution in [0.5, 0.6) is 0 Å². The molecule has 0 aliphatic rings. The summed E-state index contributed by atoms with van der Waals surface area (Å²) >= 11 is 0. The molecule has 1 N–H and O–H groups in total. The minimum atomic E-state index is -0.284. The zero-order chi connectivity index (χ0) is 12.8. The number of esters is 1. The van der Waals surface area contributed by atoms with Crippen LogP contribution in [0, 0.1) is 12.7 Å². The van der Waals surface area contributed by atoms with Crippen LogP contribution in [0.15, 0.2) is 18.2 Å². The van der Waals surface area contributed by atoms with Crippen molar-refractivity contribution in [1.29, 1.82) is 0 Å².